The Kier molecular flexibility index (Phi) is 4.34. The topological polar surface area (TPSA) is 136 Å². The third kappa shape index (κ3) is 2.68. The lowest BCUT2D eigenvalue weighted by molar-refractivity contribution is -0.0238. The number of halogens is 1. The molecule has 2 fully saturated rings. The van der Waals surface area contributed by atoms with Gasteiger partial charge in [0.1, 0.15) is 30.8 Å². The van der Waals surface area contributed by atoms with Crippen molar-refractivity contribution in [2.24, 2.45) is 32.0 Å². The highest BCUT2D eigenvalue weighted by molar-refractivity contribution is 7.64. The van der Waals surface area contributed by atoms with E-state index in [-0.39, 0.29) is 23.1 Å². The van der Waals surface area contributed by atoms with Crippen molar-refractivity contribution in [3.8, 4) is 0 Å². The Morgan fingerprint density at radius 1 is 1.50 bits per heavy atom. The second-order valence-corrected chi connectivity index (χ2v) is 10.6. The third-order valence-electron chi connectivity index (χ3n) is 5.90. The third-order valence-corrected chi connectivity index (χ3v) is 8.08. The fraction of sp³-hybridized carbons (Fsp3) is 0.800. The number of fused-ring (bicyclic) bond motifs is 2. The summed E-state index contributed by atoms with van der Waals surface area (Å²) >= 11 is 5.95. The van der Waals surface area contributed by atoms with Crippen LogP contribution in [0.15, 0.2) is 15.0 Å². The summed E-state index contributed by atoms with van der Waals surface area (Å²) in [5.41, 5.74) is 5.37. The molecule has 144 valence electrons. The maximum absolute atomic E-state index is 10.7. The van der Waals surface area contributed by atoms with Gasteiger partial charge < -0.3 is 20.8 Å². The first-order valence-electron chi connectivity index (χ1n) is 8.67. The number of hydrogen-bond donors (Lipinski definition) is 4. The average molecular weight is 405 g/mol. The van der Waals surface area contributed by atoms with E-state index in [1.54, 1.807) is 13.0 Å². The number of hydrogen-bond acceptors (Lipinski definition) is 9. The Balaban J connectivity index is 1.57. The SMILES string of the molecule is CCO[P+](C)(O)C[C@]12C[C@@H]1[C@@H](N1C=NC3C(N)=NC(Cl)=NC31)[C@H](O)[C@@H]2O. The van der Waals surface area contributed by atoms with Crippen molar-refractivity contribution in [3.63, 3.8) is 0 Å². The predicted octanol–water partition coefficient (Wildman–Crippen LogP) is -0.393. The van der Waals surface area contributed by atoms with Crippen LogP contribution in [0, 0.1) is 11.3 Å². The van der Waals surface area contributed by atoms with Crippen LogP contribution in [0.3, 0.4) is 0 Å². The summed E-state index contributed by atoms with van der Waals surface area (Å²) in [6, 6.07) is -0.806. The quantitative estimate of drug-likeness (QED) is 0.364. The molecule has 2 aliphatic carbocycles. The van der Waals surface area contributed by atoms with Gasteiger partial charge in [-0.15, -0.1) is 0 Å². The highest BCUT2D eigenvalue weighted by Crippen LogP contribution is 2.72. The lowest BCUT2D eigenvalue weighted by Gasteiger charge is -2.34. The monoisotopic (exact) mass is 404 g/mol. The fourth-order valence-electron chi connectivity index (χ4n) is 4.83. The lowest BCUT2D eigenvalue weighted by Crippen LogP contribution is -2.53. The normalized spacial score (nSPS) is 45.7. The molecule has 0 aromatic heterocycles. The Morgan fingerprint density at radius 3 is 2.92 bits per heavy atom. The highest BCUT2D eigenvalue weighted by Gasteiger charge is 2.75. The molecule has 4 aliphatic rings. The number of nitrogens with two attached hydrogens (primary N) is 1. The number of aliphatic hydroxyl groups excluding tert-OH is 2. The summed E-state index contributed by atoms with van der Waals surface area (Å²) in [4.78, 5) is 25.0. The first-order valence-corrected chi connectivity index (χ1v) is 11.3. The summed E-state index contributed by atoms with van der Waals surface area (Å²) in [7, 11) is -2.60. The van der Waals surface area contributed by atoms with Crippen LogP contribution in [0.25, 0.3) is 0 Å². The van der Waals surface area contributed by atoms with E-state index < -0.39 is 37.5 Å². The van der Waals surface area contributed by atoms with E-state index in [1.807, 2.05) is 11.8 Å². The Morgan fingerprint density at radius 2 is 2.23 bits per heavy atom. The van der Waals surface area contributed by atoms with Gasteiger partial charge in [0, 0.05) is 5.41 Å². The lowest BCUT2D eigenvalue weighted by atomic mass is 10.0. The zero-order valence-corrected chi connectivity index (χ0v) is 16.3. The van der Waals surface area contributed by atoms with Crippen LogP contribution in [-0.2, 0) is 4.52 Å². The van der Waals surface area contributed by atoms with E-state index in [0.29, 0.717) is 19.2 Å². The molecular formula is C15H24ClN5O4P+. The maximum atomic E-state index is 10.7. The van der Waals surface area contributed by atoms with Gasteiger partial charge in [0.05, 0.1) is 25.1 Å². The van der Waals surface area contributed by atoms with Crippen LogP contribution in [0.1, 0.15) is 13.3 Å². The standard InChI is InChI=1S/C15H24ClN5O4P/c1-3-25-26(2,24)5-15-4-7(15)9(10(22)11(15)23)21-6-18-8-12(17)19-14(16)20-13(8)21/h6-11,13,22-24H,3-5H2,1-2H3,(H2,17,19,20)/q+1/t7-,8?,9-,10+,11+,13?,15-,26?/m1/s1. The maximum Gasteiger partial charge on any atom is 0.269 e. The minimum atomic E-state index is -2.60. The molecule has 26 heavy (non-hydrogen) atoms. The highest BCUT2D eigenvalue weighted by atomic mass is 35.5. The van der Waals surface area contributed by atoms with Gasteiger partial charge in [0.25, 0.3) is 7.72 Å². The number of amidine groups is 2. The fourth-order valence-corrected chi connectivity index (χ4v) is 7.32. The number of aliphatic imine (C=N–C) groups is 3. The summed E-state index contributed by atoms with van der Waals surface area (Å²) in [5.74, 6) is 0.299. The predicted molar refractivity (Wildman–Crippen MR) is 101 cm³/mol. The second kappa shape index (κ2) is 6.09. The molecule has 0 radical (unpaired) electrons. The Labute approximate surface area is 157 Å². The van der Waals surface area contributed by atoms with Crippen LogP contribution in [-0.4, -0.2) is 87.4 Å². The molecule has 2 heterocycles. The van der Waals surface area contributed by atoms with Crippen molar-refractivity contribution in [1.29, 1.82) is 0 Å². The van der Waals surface area contributed by atoms with E-state index in [2.05, 4.69) is 15.0 Å². The number of rotatable bonds is 5. The largest absolute Gasteiger partial charge is 0.390 e. The van der Waals surface area contributed by atoms with Gasteiger partial charge in [-0.2, -0.15) is 0 Å². The number of nitrogens with zero attached hydrogens (tertiary/aromatic N) is 4. The first-order chi connectivity index (χ1) is 12.2. The van der Waals surface area contributed by atoms with Gasteiger partial charge in [0.2, 0.25) is 5.29 Å². The van der Waals surface area contributed by atoms with Crippen molar-refractivity contribution in [2.75, 3.05) is 19.4 Å². The van der Waals surface area contributed by atoms with Crippen molar-refractivity contribution in [1.82, 2.24) is 4.90 Å². The molecule has 2 aliphatic heterocycles. The van der Waals surface area contributed by atoms with Crippen LogP contribution in [0.2, 0.25) is 0 Å². The summed E-state index contributed by atoms with van der Waals surface area (Å²) in [6.07, 6.45) is 0.301. The van der Waals surface area contributed by atoms with Crippen LogP contribution < -0.4 is 5.73 Å². The molecule has 4 rings (SSSR count). The molecule has 0 bridgehead atoms. The minimum absolute atomic E-state index is 0.0127. The Hall–Kier alpha value is -0.830. The van der Waals surface area contributed by atoms with Crippen molar-refractivity contribution in [3.05, 3.63) is 0 Å². The molecule has 8 atom stereocenters. The molecule has 0 spiro atoms. The molecule has 5 N–H and O–H groups in total. The molecule has 0 aromatic carbocycles. The van der Waals surface area contributed by atoms with Crippen LogP contribution >= 0.6 is 19.3 Å². The zero-order chi connectivity index (χ0) is 18.9. The van der Waals surface area contributed by atoms with Crippen molar-refractivity contribution in [2.45, 2.75) is 43.8 Å². The van der Waals surface area contributed by atoms with Crippen molar-refractivity contribution >= 4 is 36.8 Å². The summed E-state index contributed by atoms with van der Waals surface area (Å²) < 4.78 is 5.50. The minimum Gasteiger partial charge on any atom is -0.390 e. The van der Waals surface area contributed by atoms with Gasteiger partial charge in [-0.3, -0.25) is 4.99 Å². The van der Waals surface area contributed by atoms with Gasteiger partial charge in [-0.1, -0.05) is 0 Å². The second-order valence-electron chi connectivity index (χ2n) is 7.60. The van der Waals surface area contributed by atoms with E-state index in [4.69, 9.17) is 21.9 Å². The zero-order valence-electron chi connectivity index (χ0n) is 14.6. The molecule has 0 saturated heterocycles. The van der Waals surface area contributed by atoms with Gasteiger partial charge in [0.15, 0.2) is 6.17 Å². The first kappa shape index (κ1) is 18.5. The smallest absolute Gasteiger partial charge is 0.269 e. The van der Waals surface area contributed by atoms with E-state index in [1.165, 1.54) is 0 Å². The van der Waals surface area contributed by atoms with E-state index in [9.17, 15) is 15.1 Å². The molecule has 9 nitrogen and oxygen atoms in total. The van der Waals surface area contributed by atoms with E-state index >= 15 is 0 Å². The van der Waals surface area contributed by atoms with Crippen LogP contribution in [0.4, 0.5) is 0 Å². The van der Waals surface area contributed by atoms with E-state index in [0.717, 1.165) is 0 Å². The van der Waals surface area contributed by atoms with Crippen molar-refractivity contribution < 1.29 is 19.6 Å². The van der Waals surface area contributed by atoms with Gasteiger partial charge in [-0.05, 0) is 30.9 Å². The van der Waals surface area contributed by atoms with Gasteiger partial charge in [-0.25, -0.2) is 19.4 Å². The summed E-state index contributed by atoms with van der Waals surface area (Å²) in [5, 5.41) is 21.5. The van der Waals surface area contributed by atoms with Crippen LogP contribution in [0.5, 0.6) is 0 Å². The molecule has 0 amide bonds. The molecular weight excluding hydrogens is 381 g/mol. The number of aliphatic hydroxyl groups is 2. The molecule has 3 unspecified atom stereocenters. The average Bonchev–Trinajstić information content (AvgIpc) is 3.00. The molecule has 0 aromatic rings. The molecule has 11 heteroatoms. The summed E-state index contributed by atoms with van der Waals surface area (Å²) in [6.45, 7) is 3.94. The Bertz CT molecular complexity index is 704. The molecule has 2 saturated carbocycles. The van der Waals surface area contributed by atoms with Gasteiger partial charge >= 0.3 is 0 Å².